The molecule has 1 aromatic carbocycles. The lowest BCUT2D eigenvalue weighted by molar-refractivity contribution is 0.0590. The van der Waals surface area contributed by atoms with E-state index in [0.29, 0.717) is 13.1 Å². The lowest BCUT2D eigenvalue weighted by atomic mass is 10.0. The van der Waals surface area contributed by atoms with Gasteiger partial charge in [0.05, 0.1) is 5.56 Å². The third-order valence-corrected chi connectivity index (χ3v) is 4.34. The molecule has 1 aromatic heterocycles. The van der Waals surface area contributed by atoms with Crippen LogP contribution < -0.4 is 4.74 Å². The Kier molecular flexibility index (Phi) is 4.79. The van der Waals surface area contributed by atoms with Crippen molar-refractivity contribution in [3.63, 3.8) is 0 Å². The molecule has 0 spiro atoms. The van der Waals surface area contributed by atoms with Crippen LogP contribution in [0.5, 0.6) is 5.75 Å². The normalized spacial score (nSPS) is 15.4. The van der Waals surface area contributed by atoms with Crippen LogP contribution in [-0.2, 0) is 0 Å². The van der Waals surface area contributed by atoms with Gasteiger partial charge in [-0.15, -0.1) is 0 Å². The molecule has 1 amide bonds. The zero-order valence-electron chi connectivity index (χ0n) is 14.0. The smallest absolute Gasteiger partial charge is 0.256 e. The summed E-state index contributed by atoms with van der Waals surface area (Å²) in [6.07, 6.45) is 5.02. The van der Waals surface area contributed by atoms with E-state index in [0.717, 1.165) is 29.7 Å². The molecule has 0 aliphatic carbocycles. The average molecular weight is 328 g/mol. The second-order valence-corrected chi connectivity index (χ2v) is 6.23. The Morgan fingerprint density at radius 2 is 2.00 bits per heavy atom. The Labute approximate surface area is 141 Å². The highest BCUT2D eigenvalue weighted by atomic mass is 19.1. The van der Waals surface area contributed by atoms with Crippen LogP contribution in [0.2, 0.25) is 0 Å². The van der Waals surface area contributed by atoms with E-state index >= 15 is 0 Å². The number of hydrogen-bond donors (Lipinski definition) is 0. The maximum atomic E-state index is 13.9. The predicted octanol–water partition coefficient (Wildman–Crippen LogP) is 3.52. The summed E-state index contributed by atoms with van der Waals surface area (Å²) in [6, 6.07) is 6.49. The van der Waals surface area contributed by atoms with Gasteiger partial charge in [-0.25, -0.2) is 4.39 Å². The van der Waals surface area contributed by atoms with E-state index < -0.39 is 5.82 Å². The topological polar surface area (TPSA) is 42.4 Å². The van der Waals surface area contributed by atoms with E-state index in [1.807, 2.05) is 19.9 Å². The van der Waals surface area contributed by atoms with Crippen molar-refractivity contribution >= 4 is 5.91 Å². The summed E-state index contributed by atoms with van der Waals surface area (Å²) in [5, 5.41) is 0. The third-order valence-electron chi connectivity index (χ3n) is 4.34. The quantitative estimate of drug-likeness (QED) is 0.866. The molecule has 24 heavy (non-hydrogen) atoms. The SMILES string of the molecule is Cc1ccc(F)c(C(=O)N2CCC(Oc3ccncc3C)CC2)c1. The van der Waals surface area contributed by atoms with Crippen LogP contribution >= 0.6 is 0 Å². The zero-order valence-corrected chi connectivity index (χ0v) is 14.0. The van der Waals surface area contributed by atoms with Crippen LogP contribution in [0, 0.1) is 19.7 Å². The van der Waals surface area contributed by atoms with E-state index in [1.54, 1.807) is 29.4 Å². The van der Waals surface area contributed by atoms with E-state index in [-0.39, 0.29) is 17.6 Å². The molecule has 4 nitrogen and oxygen atoms in total. The standard InChI is InChI=1S/C19H21FN2O2/c1-13-3-4-17(20)16(11-13)19(23)22-9-6-15(7-10-22)24-18-5-8-21-12-14(18)2/h3-5,8,11-12,15H,6-7,9-10H2,1-2H3. The zero-order chi connectivity index (χ0) is 17.1. The molecule has 1 fully saturated rings. The number of carbonyl (C=O) groups excluding carboxylic acids is 1. The number of hydrogen-bond acceptors (Lipinski definition) is 3. The van der Waals surface area contributed by atoms with Gasteiger partial charge >= 0.3 is 0 Å². The lowest BCUT2D eigenvalue weighted by Gasteiger charge is -2.32. The predicted molar refractivity (Wildman–Crippen MR) is 89.7 cm³/mol. The van der Waals surface area contributed by atoms with E-state index in [1.165, 1.54) is 6.07 Å². The van der Waals surface area contributed by atoms with Gasteiger partial charge in [0.1, 0.15) is 17.7 Å². The summed E-state index contributed by atoms with van der Waals surface area (Å²) < 4.78 is 19.9. The molecule has 5 heteroatoms. The van der Waals surface area contributed by atoms with Gasteiger partial charge in [0.15, 0.2) is 0 Å². The first-order chi connectivity index (χ1) is 11.5. The summed E-state index contributed by atoms with van der Waals surface area (Å²) in [4.78, 5) is 18.3. The van der Waals surface area contributed by atoms with Crippen molar-refractivity contribution in [2.75, 3.05) is 13.1 Å². The highest BCUT2D eigenvalue weighted by Crippen LogP contribution is 2.23. The molecule has 0 bridgehead atoms. The van der Waals surface area contributed by atoms with Gasteiger partial charge in [-0.3, -0.25) is 9.78 Å². The van der Waals surface area contributed by atoms with Gasteiger partial charge < -0.3 is 9.64 Å². The summed E-state index contributed by atoms with van der Waals surface area (Å²) in [6.45, 7) is 4.96. The van der Waals surface area contributed by atoms with Crippen LogP contribution in [0.25, 0.3) is 0 Å². The fourth-order valence-corrected chi connectivity index (χ4v) is 2.92. The molecule has 0 unspecified atom stereocenters. The first kappa shape index (κ1) is 16.4. The Morgan fingerprint density at radius 1 is 1.25 bits per heavy atom. The number of halogens is 1. The molecule has 2 heterocycles. The molecule has 1 aliphatic rings. The first-order valence-corrected chi connectivity index (χ1v) is 8.17. The molecule has 2 aromatic rings. The minimum absolute atomic E-state index is 0.0671. The average Bonchev–Trinajstić information content (AvgIpc) is 2.59. The molecular weight excluding hydrogens is 307 g/mol. The highest BCUT2D eigenvalue weighted by molar-refractivity contribution is 5.94. The van der Waals surface area contributed by atoms with Gasteiger partial charge in [0, 0.05) is 43.9 Å². The number of piperidine rings is 1. The number of amides is 1. The molecule has 0 radical (unpaired) electrons. The van der Waals surface area contributed by atoms with Crippen molar-refractivity contribution in [2.24, 2.45) is 0 Å². The number of carbonyl (C=O) groups is 1. The van der Waals surface area contributed by atoms with Gasteiger partial charge in [0.2, 0.25) is 0 Å². The van der Waals surface area contributed by atoms with Crippen LogP contribution in [0.3, 0.4) is 0 Å². The molecular formula is C19H21FN2O2. The lowest BCUT2D eigenvalue weighted by Crippen LogP contribution is -2.42. The van der Waals surface area contributed by atoms with E-state index in [9.17, 15) is 9.18 Å². The Balaban J connectivity index is 1.61. The van der Waals surface area contributed by atoms with Crippen molar-refractivity contribution < 1.29 is 13.9 Å². The van der Waals surface area contributed by atoms with Crippen molar-refractivity contribution in [3.05, 3.63) is 59.2 Å². The fourth-order valence-electron chi connectivity index (χ4n) is 2.92. The van der Waals surface area contributed by atoms with Gasteiger partial charge in [-0.1, -0.05) is 11.6 Å². The summed E-state index contributed by atoms with van der Waals surface area (Å²) in [5.41, 5.74) is 2.03. The van der Waals surface area contributed by atoms with Gasteiger partial charge in [0.25, 0.3) is 5.91 Å². The Bertz CT molecular complexity index is 740. The van der Waals surface area contributed by atoms with Crippen molar-refractivity contribution in [3.8, 4) is 5.75 Å². The number of nitrogens with zero attached hydrogens (tertiary/aromatic N) is 2. The van der Waals surface area contributed by atoms with Crippen LogP contribution in [0.15, 0.2) is 36.7 Å². The number of rotatable bonds is 3. The summed E-state index contributed by atoms with van der Waals surface area (Å²) >= 11 is 0. The molecule has 0 atom stereocenters. The van der Waals surface area contributed by atoms with Crippen molar-refractivity contribution in [1.29, 1.82) is 0 Å². The van der Waals surface area contributed by atoms with Crippen LogP contribution in [0.1, 0.15) is 34.3 Å². The molecule has 1 saturated heterocycles. The minimum atomic E-state index is -0.462. The largest absolute Gasteiger partial charge is 0.490 e. The minimum Gasteiger partial charge on any atom is -0.490 e. The second-order valence-electron chi connectivity index (χ2n) is 6.23. The van der Waals surface area contributed by atoms with Crippen LogP contribution in [0.4, 0.5) is 4.39 Å². The molecule has 0 saturated carbocycles. The van der Waals surface area contributed by atoms with E-state index in [2.05, 4.69) is 4.98 Å². The fraction of sp³-hybridized carbons (Fsp3) is 0.368. The first-order valence-electron chi connectivity index (χ1n) is 8.17. The highest BCUT2D eigenvalue weighted by Gasteiger charge is 2.26. The number of aryl methyl sites for hydroxylation is 2. The Hall–Kier alpha value is -2.43. The molecule has 0 N–H and O–H groups in total. The van der Waals surface area contributed by atoms with Gasteiger partial charge in [-0.05, 0) is 32.0 Å². The molecule has 1 aliphatic heterocycles. The maximum absolute atomic E-state index is 13.9. The van der Waals surface area contributed by atoms with Crippen molar-refractivity contribution in [1.82, 2.24) is 9.88 Å². The maximum Gasteiger partial charge on any atom is 0.256 e. The molecule has 126 valence electrons. The second kappa shape index (κ2) is 6.99. The monoisotopic (exact) mass is 328 g/mol. The summed E-state index contributed by atoms with van der Waals surface area (Å²) in [7, 11) is 0. The Morgan fingerprint density at radius 3 is 2.71 bits per heavy atom. The summed E-state index contributed by atoms with van der Waals surface area (Å²) in [5.74, 6) is 0.130. The number of aromatic nitrogens is 1. The number of benzene rings is 1. The van der Waals surface area contributed by atoms with Gasteiger partial charge in [-0.2, -0.15) is 0 Å². The van der Waals surface area contributed by atoms with Crippen molar-refractivity contribution in [2.45, 2.75) is 32.8 Å². The third kappa shape index (κ3) is 3.55. The number of pyridine rings is 1. The van der Waals surface area contributed by atoms with E-state index in [4.69, 9.17) is 4.74 Å². The molecule has 3 rings (SSSR count). The van der Waals surface area contributed by atoms with Crippen LogP contribution in [-0.4, -0.2) is 35.0 Å². The number of ether oxygens (including phenoxy) is 1. The number of likely N-dealkylation sites (tertiary alicyclic amines) is 1.